The summed E-state index contributed by atoms with van der Waals surface area (Å²) in [5, 5.41) is 7.61. The van der Waals surface area contributed by atoms with Crippen LogP contribution >= 0.6 is 11.3 Å². The Morgan fingerprint density at radius 2 is 1.12 bits per heavy atom. The van der Waals surface area contributed by atoms with Gasteiger partial charge in [0.25, 0.3) is 0 Å². The molecule has 0 spiro atoms. The van der Waals surface area contributed by atoms with E-state index in [9.17, 15) is 0 Å². The Hall–Kier alpha value is -6.94. The van der Waals surface area contributed by atoms with E-state index < -0.39 is 0 Å². The molecule has 0 bridgehead atoms. The molecule has 0 fully saturated rings. The lowest BCUT2D eigenvalue weighted by molar-refractivity contribution is 1.18. The summed E-state index contributed by atoms with van der Waals surface area (Å²) in [6, 6.07) is 65.2. The second-order valence-electron chi connectivity index (χ2n) is 15.1. The van der Waals surface area contributed by atoms with Crippen molar-refractivity contribution in [1.29, 1.82) is 0 Å². The Labute approximate surface area is 341 Å². The molecular formula is C55H40N2S. The Balaban J connectivity index is 1.16. The zero-order valence-electron chi connectivity index (χ0n) is 32.3. The molecule has 0 radical (unpaired) electrons. The minimum atomic E-state index is 0.892. The first-order valence-corrected chi connectivity index (χ1v) is 21.0. The average Bonchev–Trinajstić information content (AvgIpc) is 3.94. The standard InChI is InChI=1S/C55H40N2S/c1-2-3-4-5-7-18-37-19-16-20-38(33-37)48-35-41(36-49-46-25-12-15-30-53(46)58-55(48)49)56-50-28-13-10-23-43(50)45-32-31-39(34-52(45)56)42-26-17-27-47-44-24-11-14-29-51(44)57(54(42)47)40-21-8-6-9-22-40/h3-17,19-36H,2,18H2,1H3/b4-3-,7-5-. The van der Waals surface area contributed by atoms with Crippen molar-refractivity contribution in [3.63, 3.8) is 0 Å². The fourth-order valence-corrected chi connectivity index (χ4v) is 10.3. The van der Waals surface area contributed by atoms with Crippen molar-refractivity contribution in [3.05, 3.63) is 206 Å². The average molecular weight is 761 g/mol. The summed E-state index contributed by atoms with van der Waals surface area (Å²) < 4.78 is 7.57. The van der Waals surface area contributed by atoms with E-state index in [2.05, 4.69) is 216 Å². The van der Waals surface area contributed by atoms with Crippen LogP contribution in [0, 0.1) is 0 Å². The maximum absolute atomic E-state index is 2.50. The number of aromatic nitrogens is 2. The highest BCUT2D eigenvalue weighted by Gasteiger charge is 2.20. The van der Waals surface area contributed by atoms with Gasteiger partial charge in [0.05, 0.1) is 22.1 Å². The summed E-state index contributed by atoms with van der Waals surface area (Å²) in [6.45, 7) is 2.17. The van der Waals surface area contributed by atoms with Crippen LogP contribution in [0.1, 0.15) is 18.9 Å². The molecule has 0 unspecified atom stereocenters. The van der Waals surface area contributed by atoms with Crippen molar-refractivity contribution in [1.82, 2.24) is 9.13 Å². The summed E-state index contributed by atoms with van der Waals surface area (Å²) in [5.41, 5.74) is 13.4. The van der Waals surface area contributed by atoms with Crippen LogP contribution in [0.3, 0.4) is 0 Å². The van der Waals surface area contributed by atoms with E-state index in [0.29, 0.717) is 0 Å². The van der Waals surface area contributed by atoms with Crippen LogP contribution in [-0.4, -0.2) is 9.13 Å². The molecule has 0 aliphatic rings. The highest BCUT2D eigenvalue weighted by Crippen LogP contribution is 2.45. The summed E-state index contributed by atoms with van der Waals surface area (Å²) in [7, 11) is 0. The van der Waals surface area contributed by atoms with Gasteiger partial charge in [-0.25, -0.2) is 0 Å². The third-order valence-corrected chi connectivity index (χ3v) is 12.8. The first-order chi connectivity index (χ1) is 28.7. The number of rotatable bonds is 8. The van der Waals surface area contributed by atoms with Crippen molar-refractivity contribution >= 4 is 75.1 Å². The number of allylic oxidation sites excluding steroid dienone is 4. The first-order valence-electron chi connectivity index (χ1n) is 20.2. The normalized spacial score (nSPS) is 12.2. The van der Waals surface area contributed by atoms with Crippen molar-refractivity contribution in [2.45, 2.75) is 19.8 Å². The Morgan fingerprint density at radius 3 is 1.97 bits per heavy atom. The number of benzene rings is 8. The summed E-state index contributed by atoms with van der Waals surface area (Å²) in [4.78, 5) is 0. The number of para-hydroxylation sites is 4. The van der Waals surface area contributed by atoms with Gasteiger partial charge < -0.3 is 9.13 Å². The van der Waals surface area contributed by atoms with Gasteiger partial charge in [-0.05, 0) is 78.1 Å². The maximum Gasteiger partial charge on any atom is 0.0619 e. The van der Waals surface area contributed by atoms with E-state index in [1.807, 2.05) is 11.3 Å². The molecule has 0 aliphatic carbocycles. The third kappa shape index (κ3) is 5.62. The molecule has 0 amide bonds. The number of hydrogen-bond donors (Lipinski definition) is 0. The molecule has 0 atom stereocenters. The minimum absolute atomic E-state index is 0.892. The van der Waals surface area contributed by atoms with Gasteiger partial charge in [-0.1, -0.05) is 159 Å². The second kappa shape index (κ2) is 14.2. The van der Waals surface area contributed by atoms with Crippen LogP contribution in [0.5, 0.6) is 0 Å². The Bertz CT molecular complexity index is 3410. The highest BCUT2D eigenvalue weighted by atomic mass is 32.1. The molecule has 0 aliphatic heterocycles. The van der Waals surface area contributed by atoms with Gasteiger partial charge in [0.15, 0.2) is 0 Å². The molecular weight excluding hydrogens is 721 g/mol. The molecule has 3 aromatic heterocycles. The lowest BCUT2D eigenvalue weighted by Gasteiger charge is -2.14. The number of nitrogens with zero attached hydrogens (tertiary/aromatic N) is 2. The second-order valence-corrected chi connectivity index (χ2v) is 16.2. The molecule has 276 valence electrons. The van der Waals surface area contributed by atoms with Crippen molar-refractivity contribution in [3.8, 4) is 33.6 Å². The van der Waals surface area contributed by atoms with E-state index in [1.165, 1.54) is 97.3 Å². The lowest BCUT2D eigenvalue weighted by atomic mass is 9.98. The van der Waals surface area contributed by atoms with Crippen molar-refractivity contribution in [2.24, 2.45) is 0 Å². The van der Waals surface area contributed by atoms with E-state index in [-0.39, 0.29) is 0 Å². The van der Waals surface area contributed by atoms with E-state index in [1.54, 1.807) is 0 Å². The predicted molar refractivity (Wildman–Crippen MR) is 251 cm³/mol. The zero-order chi connectivity index (χ0) is 38.6. The number of fused-ring (bicyclic) bond motifs is 9. The fourth-order valence-electron chi connectivity index (χ4n) is 9.03. The number of hydrogen-bond acceptors (Lipinski definition) is 1. The Morgan fingerprint density at radius 1 is 0.448 bits per heavy atom. The van der Waals surface area contributed by atoms with Gasteiger partial charge in [0.2, 0.25) is 0 Å². The van der Waals surface area contributed by atoms with Gasteiger partial charge in [-0.15, -0.1) is 11.3 Å². The van der Waals surface area contributed by atoms with Crippen molar-refractivity contribution in [2.75, 3.05) is 0 Å². The molecule has 0 saturated carbocycles. The molecule has 0 N–H and O–H groups in total. The van der Waals surface area contributed by atoms with Gasteiger partial charge in [0.1, 0.15) is 0 Å². The third-order valence-electron chi connectivity index (χ3n) is 11.6. The molecule has 58 heavy (non-hydrogen) atoms. The van der Waals surface area contributed by atoms with Gasteiger partial charge in [0, 0.05) is 64.2 Å². The van der Waals surface area contributed by atoms with E-state index in [0.717, 1.165) is 18.5 Å². The van der Waals surface area contributed by atoms with Crippen LogP contribution in [0.4, 0.5) is 0 Å². The molecule has 11 aromatic rings. The summed E-state index contributed by atoms with van der Waals surface area (Å²) in [6.07, 6.45) is 10.7. The van der Waals surface area contributed by atoms with Gasteiger partial charge in [-0.3, -0.25) is 0 Å². The SMILES string of the molecule is CC/C=C\C=C/Cc1cccc(-c2cc(-n3c4ccccc4c4ccc(-c5cccc6c7ccccc7n(-c7ccccc7)c56)cc43)cc3c2sc2ccccc23)c1. The first kappa shape index (κ1) is 34.3. The maximum atomic E-state index is 2.50. The van der Waals surface area contributed by atoms with Crippen molar-refractivity contribution < 1.29 is 0 Å². The van der Waals surface area contributed by atoms with Crippen LogP contribution in [0.25, 0.3) is 97.4 Å². The van der Waals surface area contributed by atoms with Gasteiger partial charge >= 0.3 is 0 Å². The van der Waals surface area contributed by atoms with Crippen LogP contribution in [0.2, 0.25) is 0 Å². The van der Waals surface area contributed by atoms with Crippen LogP contribution in [-0.2, 0) is 6.42 Å². The molecule has 11 rings (SSSR count). The minimum Gasteiger partial charge on any atom is -0.309 e. The van der Waals surface area contributed by atoms with E-state index >= 15 is 0 Å². The number of thiophene rings is 1. The topological polar surface area (TPSA) is 9.86 Å². The zero-order valence-corrected chi connectivity index (χ0v) is 33.1. The lowest BCUT2D eigenvalue weighted by Crippen LogP contribution is -1.96. The monoisotopic (exact) mass is 760 g/mol. The molecule has 8 aromatic carbocycles. The molecule has 3 heteroatoms. The largest absolute Gasteiger partial charge is 0.309 e. The van der Waals surface area contributed by atoms with Gasteiger partial charge in [-0.2, -0.15) is 0 Å². The molecule has 0 saturated heterocycles. The van der Waals surface area contributed by atoms with E-state index in [4.69, 9.17) is 0 Å². The smallest absolute Gasteiger partial charge is 0.0619 e. The predicted octanol–water partition coefficient (Wildman–Crippen LogP) is 15.6. The summed E-state index contributed by atoms with van der Waals surface area (Å²) >= 11 is 1.90. The Kier molecular flexibility index (Phi) is 8.41. The fraction of sp³-hybridized carbons (Fsp3) is 0.0545. The quantitative estimate of drug-likeness (QED) is 0.137. The van der Waals surface area contributed by atoms with Crippen LogP contribution in [0.15, 0.2) is 200 Å². The highest BCUT2D eigenvalue weighted by molar-refractivity contribution is 7.26. The molecule has 3 heterocycles. The van der Waals surface area contributed by atoms with Crippen LogP contribution < -0.4 is 0 Å². The molecule has 2 nitrogen and oxygen atoms in total. The summed E-state index contributed by atoms with van der Waals surface area (Å²) in [5.74, 6) is 0.